The van der Waals surface area contributed by atoms with E-state index in [9.17, 15) is 4.39 Å². The van der Waals surface area contributed by atoms with Gasteiger partial charge < -0.3 is 35.7 Å². The van der Waals surface area contributed by atoms with Gasteiger partial charge in [-0.1, -0.05) is 82.2 Å². The lowest BCUT2D eigenvalue weighted by molar-refractivity contribution is 0.142. The van der Waals surface area contributed by atoms with Gasteiger partial charge in [-0.3, -0.25) is 4.90 Å². The number of fused-ring (bicyclic) bond motifs is 1. The number of benzene rings is 2. The summed E-state index contributed by atoms with van der Waals surface area (Å²) in [6.45, 7) is 42.5. The van der Waals surface area contributed by atoms with Crippen molar-refractivity contribution in [2.75, 3.05) is 73.5 Å². The number of piperazine rings is 1. The van der Waals surface area contributed by atoms with Gasteiger partial charge in [0.1, 0.15) is 5.82 Å². The minimum atomic E-state index is -0.252. The van der Waals surface area contributed by atoms with Crippen molar-refractivity contribution in [1.29, 1.82) is 0 Å². The van der Waals surface area contributed by atoms with Crippen molar-refractivity contribution in [3.8, 4) is 0 Å². The molecule has 2 aromatic carbocycles. The molecular formula is C55H81FN8. The third-order valence-corrected chi connectivity index (χ3v) is 12.3. The van der Waals surface area contributed by atoms with Crippen molar-refractivity contribution < 1.29 is 4.39 Å². The van der Waals surface area contributed by atoms with Crippen LogP contribution in [0.5, 0.6) is 0 Å². The summed E-state index contributed by atoms with van der Waals surface area (Å²) in [6.07, 6.45) is 19.3. The van der Waals surface area contributed by atoms with Crippen molar-refractivity contribution in [1.82, 2.24) is 40.6 Å². The summed E-state index contributed by atoms with van der Waals surface area (Å²) in [5, 5.41) is 12.3. The Morgan fingerprint density at radius 1 is 0.875 bits per heavy atom. The Morgan fingerprint density at radius 3 is 2.25 bits per heavy atom. The fourth-order valence-electron chi connectivity index (χ4n) is 8.29. The largest absolute Gasteiger partial charge is 0.390 e. The number of nitrogens with zero attached hydrogens (tertiary/aromatic N) is 3. The number of H-pyrrole nitrogens is 2. The molecule has 8 nitrogen and oxygen atoms in total. The first kappa shape index (κ1) is 53.0. The van der Waals surface area contributed by atoms with E-state index in [0.717, 1.165) is 127 Å². The molecule has 1 fully saturated rings. The van der Waals surface area contributed by atoms with E-state index in [4.69, 9.17) is 0 Å². The second-order valence-electron chi connectivity index (χ2n) is 16.8. The van der Waals surface area contributed by atoms with Crippen LogP contribution in [0.2, 0.25) is 0 Å². The molecule has 2 aromatic heterocycles. The Labute approximate surface area is 386 Å². The average molecular weight is 873 g/mol. The van der Waals surface area contributed by atoms with Gasteiger partial charge in [-0.25, -0.2) is 4.39 Å². The molecule has 1 unspecified atom stereocenters. The standard InChI is InChI=1S/C28H36FN5.C16H25N.C11H20N2/c1-6-11-33-13-15-34(16-14-33)12-7-10-30-21(4)28-19(2)27(32-22(28)5)18-24-20(3)31-26-9-8-23(29)17-25(24)26;1-4-15-11-9-12-16(14(15)2)10-7-5-6-8-13-17-3;1-6-8-9-11(10(3)12-4)13(5)7-2/h6,8-9,17-18,30-32H,1,3-4,7,10-16H2,2,5H3;4,9,11-12,17H,1,5-8,10,13H2,2-3H3;6-7,11-12H,1-3,8-9H2,4-5H3/b24-18+;;. The Morgan fingerprint density at radius 2 is 1.59 bits per heavy atom. The van der Waals surface area contributed by atoms with Gasteiger partial charge in [0.25, 0.3) is 0 Å². The van der Waals surface area contributed by atoms with Gasteiger partial charge in [-0.15, -0.1) is 13.2 Å². The van der Waals surface area contributed by atoms with E-state index in [-0.39, 0.29) is 5.82 Å². The molecule has 348 valence electrons. The second-order valence-corrected chi connectivity index (χ2v) is 16.8. The molecule has 0 spiro atoms. The number of likely N-dealkylation sites (N-methyl/N-ethyl adjacent to an activating group) is 2. The molecule has 0 aliphatic carbocycles. The zero-order valence-corrected chi connectivity index (χ0v) is 40.4. The first-order chi connectivity index (χ1) is 30.8. The highest BCUT2D eigenvalue weighted by Gasteiger charge is 2.17. The smallest absolute Gasteiger partial charge is 0.123 e. The highest BCUT2D eigenvalue weighted by atomic mass is 19.1. The van der Waals surface area contributed by atoms with Gasteiger partial charge in [-0.2, -0.15) is 0 Å². The molecule has 0 amide bonds. The number of hydrogen-bond donors (Lipinski definition) is 5. The SMILES string of the molecule is C=CCCC(C(=C)NC)N(C)C=C.C=CCN1CCN(CCCNC(=C)c2c(C)[nH]c(/C=c3\c(=C)[nH]c4ccc(F)cc34)c2C)CC1.C=Cc1cccc(CCCCCCNC)c1C. The number of aromatic nitrogens is 2. The number of unbranched alkanes of at least 4 members (excludes halogenated alkanes) is 3. The van der Waals surface area contributed by atoms with Crippen molar-refractivity contribution in [2.45, 2.75) is 78.2 Å². The van der Waals surface area contributed by atoms with E-state index in [1.807, 2.05) is 51.6 Å². The molecule has 1 aliphatic rings. The number of aryl methyl sites for hydroxylation is 2. The van der Waals surface area contributed by atoms with E-state index in [1.165, 1.54) is 54.9 Å². The lowest BCUT2D eigenvalue weighted by Gasteiger charge is -2.34. The van der Waals surface area contributed by atoms with Crippen molar-refractivity contribution in [3.05, 3.63) is 156 Å². The maximum Gasteiger partial charge on any atom is 0.123 e. The lowest BCUT2D eigenvalue weighted by atomic mass is 9.97. The summed E-state index contributed by atoms with van der Waals surface area (Å²) in [7, 11) is 5.91. The number of rotatable bonds is 24. The van der Waals surface area contributed by atoms with Crippen LogP contribution in [0.4, 0.5) is 4.39 Å². The van der Waals surface area contributed by atoms with Crippen LogP contribution in [0.1, 0.15) is 84.2 Å². The molecule has 4 aromatic rings. The van der Waals surface area contributed by atoms with Crippen LogP contribution in [0, 0.1) is 26.6 Å². The van der Waals surface area contributed by atoms with Crippen LogP contribution in [-0.2, 0) is 6.42 Å². The third-order valence-electron chi connectivity index (χ3n) is 12.3. The second kappa shape index (κ2) is 28.4. The van der Waals surface area contributed by atoms with E-state index >= 15 is 0 Å². The summed E-state index contributed by atoms with van der Waals surface area (Å²) >= 11 is 0. The van der Waals surface area contributed by atoms with Crippen LogP contribution in [0.25, 0.3) is 35.3 Å². The summed E-state index contributed by atoms with van der Waals surface area (Å²) in [4.78, 5) is 13.8. The normalized spacial score (nSPS) is 13.5. The van der Waals surface area contributed by atoms with E-state index in [2.05, 4.69) is 126 Å². The van der Waals surface area contributed by atoms with Crippen LogP contribution in [-0.4, -0.2) is 104 Å². The molecule has 5 N–H and O–H groups in total. The summed E-state index contributed by atoms with van der Waals surface area (Å²) in [6, 6.07) is 11.6. The van der Waals surface area contributed by atoms with Gasteiger partial charge in [0, 0.05) is 103 Å². The predicted molar refractivity (Wildman–Crippen MR) is 278 cm³/mol. The zero-order chi connectivity index (χ0) is 47.0. The lowest BCUT2D eigenvalue weighted by Crippen LogP contribution is -2.46. The molecule has 9 heteroatoms. The highest BCUT2D eigenvalue weighted by molar-refractivity contribution is 5.82. The van der Waals surface area contributed by atoms with Crippen LogP contribution < -0.4 is 26.5 Å². The van der Waals surface area contributed by atoms with E-state index in [0.29, 0.717) is 6.04 Å². The zero-order valence-electron chi connectivity index (χ0n) is 40.4. The van der Waals surface area contributed by atoms with Crippen LogP contribution in [0.3, 0.4) is 0 Å². The van der Waals surface area contributed by atoms with E-state index < -0.39 is 0 Å². The van der Waals surface area contributed by atoms with Gasteiger partial charge >= 0.3 is 0 Å². The third kappa shape index (κ3) is 16.3. The summed E-state index contributed by atoms with van der Waals surface area (Å²) in [5.41, 5.74) is 11.3. The van der Waals surface area contributed by atoms with E-state index in [1.54, 1.807) is 12.1 Å². The predicted octanol–water partition coefficient (Wildman–Crippen LogP) is 9.33. The Bertz CT molecular complexity index is 2220. The molecule has 1 atom stereocenters. The molecule has 64 heavy (non-hydrogen) atoms. The molecule has 1 aliphatic heterocycles. The van der Waals surface area contributed by atoms with Crippen molar-refractivity contribution >= 4 is 35.3 Å². The van der Waals surface area contributed by atoms with Crippen LogP contribution in [0.15, 0.2) is 99.9 Å². The maximum absolute atomic E-state index is 13.8. The summed E-state index contributed by atoms with van der Waals surface area (Å²) < 4.78 is 13.8. The molecule has 0 bridgehead atoms. The number of allylic oxidation sites excluding steroid dienone is 1. The number of aromatic amines is 2. The highest BCUT2D eigenvalue weighted by Crippen LogP contribution is 2.24. The van der Waals surface area contributed by atoms with Crippen LogP contribution >= 0.6 is 0 Å². The fourth-order valence-corrected chi connectivity index (χ4v) is 8.29. The van der Waals surface area contributed by atoms with Gasteiger partial charge in [0.2, 0.25) is 0 Å². The molecule has 5 rings (SSSR count). The maximum atomic E-state index is 13.8. The molecule has 0 radical (unpaired) electrons. The van der Waals surface area contributed by atoms with Gasteiger partial charge in [0.15, 0.2) is 0 Å². The summed E-state index contributed by atoms with van der Waals surface area (Å²) in [5.74, 6) is -0.252. The molecular weight excluding hydrogens is 792 g/mol. The average Bonchev–Trinajstić information content (AvgIpc) is 3.76. The minimum absolute atomic E-state index is 0.252. The molecule has 0 saturated carbocycles. The quantitative estimate of drug-likeness (QED) is 0.0357. The first-order valence-corrected chi connectivity index (χ1v) is 23.2. The van der Waals surface area contributed by atoms with Crippen molar-refractivity contribution in [3.63, 3.8) is 0 Å². The number of hydrogen-bond acceptors (Lipinski definition) is 6. The number of nitrogens with one attached hydrogen (secondary N) is 5. The van der Waals surface area contributed by atoms with Crippen molar-refractivity contribution in [2.24, 2.45) is 0 Å². The minimum Gasteiger partial charge on any atom is -0.390 e. The fraction of sp³-hybridized carbons (Fsp3) is 0.418. The Hall–Kier alpha value is -5.35. The first-order valence-electron chi connectivity index (χ1n) is 23.2. The topological polar surface area (TPSA) is 77.4 Å². The molecule has 1 saturated heterocycles. The van der Waals surface area contributed by atoms with Gasteiger partial charge in [0.05, 0.1) is 6.04 Å². The Kier molecular flexibility index (Phi) is 23.6. The van der Waals surface area contributed by atoms with Gasteiger partial charge in [-0.05, 0) is 132 Å². The monoisotopic (exact) mass is 873 g/mol. The number of halogens is 1. The molecule has 3 heterocycles. The Balaban J connectivity index is 0.000000302.